The van der Waals surface area contributed by atoms with Gasteiger partial charge >= 0.3 is 0 Å². The number of hydrogen-bond donors (Lipinski definition) is 2. The first-order valence-corrected chi connectivity index (χ1v) is 8.45. The van der Waals surface area contributed by atoms with E-state index < -0.39 is 6.04 Å². The number of carbonyl (C=O) groups is 1. The number of nitrogens with one attached hydrogen (secondary N) is 1. The van der Waals surface area contributed by atoms with E-state index in [0.717, 1.165) is 10.0 Å². The fraction of sp³-hybridized carbons (Fsp3) is 0.176. The molecule has 3 rings (SSSR count). The number of rotatable bonds is 6. The molecule has 0 saturated carbocycles. The third kappa shape index (κ3) is 4.28. The van der Waals surface area contributed by atoms with Gasteiger partial charge in [-0.05, 0) is 40.6 Å². The van der Waals surface area contributed by atoms with Crippen molar-refractivity contribution in [2.75, 3.05) is 6.61 Å². The van der Waals surface area contributed by atoms with Crippen molar-refractivity contribution < 1.29 is 9.90 Å². The molecule has 2 N–H and O–H groups in total. The molecule has 0 radical (unpaired) electrons. The summed E-state index contributed by atoms with van der Waals surface area (Å²) < 4.78 is 2.19. The number of aliphatic hydroxyl groups is 1. The largest absolute Gasteiger partial charge is 0.394 e. The van der Waals surface area contributed by atoms with Gasteiger partial charge in [-0.25, -0.2) is 0 Å². The molecule has 0 fully saturated rings. The highest BCUT2D eigenvalue weighted by atomic mass is 79.9. The Kier molecular flexibility index (Phi) is 5.52. The van der Waals surface area contributed by atoms with Crippen LogP contribution in [0.25, 0.3) is 5.69 Å². The fourth-order valence-electron chi connectivity index (χ4n) is 2.48. The Morgan fingerprint density at radius 2 is 2.04 bits per heavy atom. The average Bonchev–Trinajstić information content (AvgIpc) is 3.16. The van der Waals surface area contributed by atoms with Gasteiger partial charge in [0.1, 0.15) is 6.33 Å². The van der Waals surface area contributed by atoms with Gasteiger partial charge in [0.25, 0.3) is 5.91 Å². The summed E-state index contributed by atoms with van der Waals surface area (Å²) in [5.74, 6) is -0.304. The van der Waals surface area contributed by atoms with Crippen LogP contribution < -0.4 is 5.32 Å². The number of halogens is 1. The minimum Gasteiger partial charge on any atom is -0.394 e. The number of hydrogen-bond acceptors (Lipinski definition) is 5. The predicted octanol–water partition coefficient (Wildman–Crippen LogP) is 1.76. The van der Waals surface area contributed by atoms with Crippen molar-refractivity contribution in [3.63, 3.8) is 0 Å². The van der Waals surface area contributed by atoms with Crippen molar-refractivity contribution in [1.29, 1.82) is 0 Å². The first kappa shape index (κ1) is 17.2. The van der Waals surface area contributed by atoms with Gasteiger partial charge in [-0.2, -0.15) is 4.68 Å². The summed E-state index contributed by atoms with van der Waals surface area (Å²) in [4.78, 5) is 12.7. The summed E-state index contributed by atoms with van der Waals surface area (Å²) >= 11 is 3.37. The van der Waals surface area contributed by atoms with Gasteiger partial charge in [0.2, 0.25) is 0 Å². The molecule has 2 aromatic carbocycles. The molecule has 8 heteroatoms. The van der Waals surface area contributed by atoms with Crippen LogP contribution in [0.4, 0.5) is 0 Å². The van der Waals surface area contributed by atoms with Crippen LogP contribution in [0.3, 0.4) is 0 Å². The molecule has 0 aliphatic carbocycles. The highest BCUT2D eigenvalue weighted by Gasteiger charge is 2.18. The molecule has 0 aliphatic rings. The minimum absolute atomic E-state index is 0.158. The molecule has 0 saturated heterocycles. The molecule has 1 atom stereocenters. The molecule has 128 valence electrons. The van der Waals surface area contributed by atoms with Gasteiger partial charge in [0, 0.05) is 4.47 Å². The van der Waals surface area contributed by atoms with Crippen molar-refractivity contribution in [3.05, 3.63) is 70.5 Å². The number of aromatic nitrogens is 4. The van der Waals surface area contributed by atoms with E-state index in [0.29, 0.717) is 17.7 Å². The molecule has 25 heavy (non-hydrogen) atoms. The summed E-state index contributed by atoms with van der Waals surface area (Å²) in [6.07, 6.45) is 1.96. The van der Waals surface area contributed by atoms with Crippen LogP contribution in [0.2, 0.25) is 0 Å². The zero-order chi connectivity index (χ0) is 17.6. The lowest BCUT2D eigenvalue weighted by Crippen LogP contribution is -2.39. The van der Waals surface area contributed by atoms with Crippen molar-refractivity contribution in [2.24, 2.45) is 0 Å². The molecule has 0 aliphatic heterocycles. The second-order valence-corrected chi connectivity index (χ2v) is 6.37. The van der Waals surface area contributed by atoms with Crippen LogP contribution in [0.5, 0.6) is 0 Å². The van der Waals surface area contributed by atoms with Crippen molar-refractivity contribution >= 4 is 21.8 Å². The maximum absolute atomic E-state index is 12.7. The Morgan fingerprint density at radius 1 is 1.24 bits per heavy atom. The van der Waals surface area contributed by atoms with Crippen LogP contribution in [0, 0.1) is 0 Å². The van der Waals surface area contributed by atoms with Gasteiger partial charge in [-0.3, -0.25) is 4.79 Å². The zero-order valence-corrected chi connectivity index (χ0v) is 14.8. The molecule has 3 aromatic rings. The minimum atomic E-state index is -0.393. The van der Waals surface area contributed by atoms with Crippen LogP contribution in [0.15, 0.2) is 59.3 Å². The van der Waals surface area contributed by atoms with Gasteiger partial charge in [0.05, 0.1) is 23.9 Å². The van der Waals surface area contributed by atoms with E-state index in [9.17, 15) is 9.90 Å². The van der Waals surface area contributed by atoms with Crippen LogP contribution in [0.1, 0.15) is 15.9 Å². The highest BCUT2D eigenvalue weighted by Crippen LogP contribution is 2.19. The number of tetrazole rings is 1. The Morgan fingerprint density at radius 3 is 2.72 bits per heavy atom. The molecule has 0 bridgehead atoms. The normalized spacial score (nSPS) is 11.9. The van der Waals surface area contributed by atoms with Gasteiger partial charge < -0.3 is 10.4 Å². The van der Waals surface area contributed by atoms with E-state index in [1.54, 1.807) is 18.2 Å². The van der Waals surface area contributed by atoms with Crippen molar-refractivity contribution in [3.8, 4) is 5.69 Å². The van der Waals surface area contributed by atoms with Gasteiger partial charge in [-0.15, -0.1) is 5.10 Å². The Balaban J connectivity index is 1.81. The van der Waals surface area contributed by atoms with Crippen molar-refractivity contribution in [2.45, 2.75) is 12.5 Å². The first-order valence-electron chi connectivity index (χ1n) is 7.66. The van der Waals surface area contributed by atoms with Crippen LogP contribution in [-0.2, 0) is 6.42 Å². The first-order chi connectivity index (χ1) is 12.2. The predicted molar refractivity (Wildman–Crippen MR) is 95.3 cm³/mol. The lowest BCUT2D eigenvalue weighted by Gasteiger charge is -2.18. The SMILES string of the molecule is O=C(N[C@H](CO)Cc1ccccc1)c1cc(Br)ccc1-n1cnnn1. The molecule has 0 unspecified atom stereocenters. The summed E-state index contributed by atoms with van der Waals surface area (Å²) in [6, 6.07) is 14.6. The quantitative estimate of drug-likeness (QED) is 0.656. The lowest BCUT2D eigenvalue weighted by atomic mass is 10.1. The van der Waals surface area contributed by atoms with Gasteiger partial charge in [0.15, 0.2) is 0 Å². The highest BCUT2D eigenvalue weighted by molar-refractivity contribution is 9.10. The Hall–Kier alpha value is -2.58. The third-order valence-electron chi connectivity index (χ3n) is 3.68. The van der Waals surface area contributed by atoms with Crippen molar-refractivity contribution in [1.82, 2.24) is 25.5 Å². The Bertz CT molecular complexity index is 840. The molecule has 1 amide bonds. The lowest BCUT2D eigenvalue weighted by molar-refractivity contribution is 0.0916. The van der Waals surface area contributed by atoms with Crippen LogP contribution in [-0.4, -0.2) is 43.9 Å². The standard InChI is InChI=1S/C17H16BrN5O2/c18-13-6-7-16(23-11-19-21-22-23)15(9-13)17(25)20-14(10-24)8-12-4-2-1-3-5-12/h1-7,9,11,14,24H,8,10H2,(H,20,25)/t14-/m0/s1. The molecule has 7 nitrogen and oxygen atoms in total. The third-order valence-corrected chi connectivity index (χ3v) is 4.17. The molecule has 0 spiro atoms. The monoisotopic (exact) mass is 401 g/mol. The maximum Gasteiger partial charge on any atom is 0.253 e. The van der Waals surface area contributed by atoms with E-state index in [1.807, 2.05) is 30.3 Å². The van der Waals surface area contributed by atoms with E-state index in [1.165, 1.54) is 11.0 Å². The number of aliphatic hydroxyl groups excluding tert-OH is 1. The molecule has 1 aromatic heterocycles. The molecule has 1 heterocycles. The fourth-order valence-corrected chi connectivity index (χ4v) is 2.85. The average molecular weight is 402 g/mol. The summed E-state index contributed by atoms with van der Waals surface area (Å²) in [7, 11) is 0. The number of benzene rings is 2. The van der Waals surface area contributed by atoms with E-state index >= 15 is 0 Å². The topological polar surface area (TPSA) is 92.9 Å². The number of carbonyl (C=O) groups excluding carboxylic acids is 1. The Labute approximate surface area is 152 Å². The van der Waals surface area contributed by atoms with E-state index in [2.05, 4.69) is 36.8 Å². The van der Waals surface area contributed by atoms with E-state index in [4.69, 9.17) is 0 Å². The van der Waals surface area contributed by atoms with Gasteiger partial charge in [-0.1, -0.05) is 46.3 Å². The number of amides is 1. The summed E-state index contributed by atoms with van der Waals surface area (Å²) in [5, 5.41) is 23.5. The maximum atomic E-state index is 12.7. The zero-order valence-electron chi connectivity index (χ0n) is 13.2. The molecular weight excluding hydrogens is 386 g/mol. The second-order valence-electron chi connectivity index (χ2n) is 5.46. The number of nitrogens with zero attached hydrogens (tertiary/aromatic N) is 4. The van der Waals surface area contributed by atoms with Crippen LogP contribution >= 0.6 is 15.9 Å². The second kappa shape index (κ2) is 8.00. The summed E-state index contributed by atoms with van der Waals surface area (Å²) in [6.45, 7) is -0.158. The molecular formula is C17H16BrN5O2. The van der Waals surface area contributed by atoms with E-state index in [-0.39, 0.29) is 12.5 Å². The smallest absolute Gasteiger partial charge is 0.253 e. The summed E-state index contributed by atoms with van der Waals surface area (Å²) in [5.41, 5.74) is 2.01.